The van der Waals surface area contributed by atoms with Gasteiger partial charge < -0.3 is 10.8 Å². The normalized spacial score (nSPS) is 21.3. The highest BCUT2D eigenvalue weighted by Crippen LogP contribution is 2.47. The molecule has 3 N–H and O–H groups in total. The first kappa shape index (κ1) is 9.01. The summed E-state index contributed by atoms with van der Waals surface area (Å²) in [5.74, 6) is 0. The Balaban J connectivity index is 2.22. The van der Waals surface area contributed by atoms with E-state index in [-0.39, 0.29) is 0 Å². The van der Waals surface area contributed by atoms with E-state index in [9.17, 15) is 0 Å². The Bertz CT molecular complexity index is 110. The highest BCUT2D eigenvalue weighted by molar-refractivity contribution is 4.87. The van der Waals surface area contributed by atoms with Gasteiger partial charge in [-0.3, -0.25) is 0 Å². The van der Waals surface area contributed by atoms with Gasteiger partial charge in [-0.15, -0.1) is 0 Å². The SMILES string of the molecule is NCCC1(CCCO)CCC1. The first-order chi connectivity index (χ1) is 5.33. The van der Waals surface area contributed by atoms with Crippen LogP contribution in [-0.4, -0.2) is 18.3 Å². The van der Waals surface area contributed by atoms with Crippen molar-refractivity contribution in [1.29, 1.82) is 0 Å². The van der Waals surface area contributed by atoms with E-state index >= 15 is 0 Å². The molecule has 0 aromatic heterocycles. The van der Waals surface area contributed by atoms with E-state index in [1.165, 1.54) is 25.7 Å². The molecule has 11 heavy (non-hydrogen) atoms. The lowest BCUT2D eigenvalue weighted by molar-refractivity contribution is 0.0966. The summed E-state index contributed by atoms with van der Waals surface area (Å²) >= 11 is 0. The summed E-state index contributed by atoms with van der Waals surface area (Å²) in [5.41, 5.74) is 6.07. The van der Waals surface area contributed by atoms with Gasteiger partial charge in [0, 0.05) is 6.61 Å². The minimum Gasteiger partial charge on any atom is -0.396 e. The minimum absolute atomic E-state index is 0.340. The quantitative estimate of drug-likeness (QED) is 0.631. The second-order valence-corrected chi connectivity index (χ2v) is 3.72. The van der Waals surface area contributed by atoms with Gasteiger partial charge in [-0.25, -0.2) is 0 Å². The monoisotopic (exact) mass is 157 g/mol. The first-order valence-electron chi connectivity index (χ1n) is 4.64. The molecule has 0 atom stereocenters. The highest BCUT2D eigenvalue weighted by atomic mass is 16.2. The molecular weight excluding hydrogens is 138 g/mol. The van der Waals surface area contributed by atoms with E-state index in [1.54, 1.807) is 0 Å². The Morgan fingerprint density at radius 1 is 1.27 bits per heavy atom. The maximum absolute atomic E-state index is 8.69. The number of nitrogens with two attached hydrogens (primary N) is 1. The molecule has 2 nitrogen and oxygen atoms in total. The fourth-order valence-corrected chi connectivity index (χ4v) is 2.06. The van der Waals surface area contributed by atoms with Crippen LogP contribution in [0, 0.1) is 5.41 Å². The molecule has 0 radical (unpaired) electrons. The highest BCUT2D eigenvalue weighted by Gasteiger charge is 2.34. The van der Waals surface area contributed by atoms with Gasteiger partial charge in [0.15, 0.2) is 0 Å². The smallest absolute Gasteiger partial charge is 0.0431 e. The molecular formula is C9H19NO. The molecule has 0 heterocycles. The summed E-state index contributed by atoms with van der Waals surface area (Å²) in [7, 11) is 0. The van der Waals surface area contributed by atoms with Crippen LogP contribution >= 0.6 is 0 Å². The summed E-state index contributed by atoms with van der Waals surface area (Å²) in [6.45, 7) is 1.15. The lowest BCUT2D eigenvalue weighted by atomic mass is 9.64. The Hall–Kier alpha value is -0.0800. The molecule has 0 bridgehead atoms. The second-order valence-electron chi connectivity index (χ2n) is 3.72. The van der Waals surface area contributed by atoms with Gasteiger partial charge in [0.05, 0.1) is 0 Å². The molecule has 0 aromatic rings. The fourth-order valence-electron chi connectivity index (χ4n) is 2.06. The lowest BCUT2D eigenvalue weighted by Gasteiger charge is -2.42. The van der Waals surface area contributed by atoms with Crippen molar-refractivity contribution >= 4 is 0 Å². The topological polar surface area (TPSA) is 46.2 Å². The molecule has 0 spiro atoms. The number of hydrogen-bond acceptors (Lipinski definition) is 2. The predicted molar refractivity (Wildman–Crippen MR) is 46.3 cm³/mol. The van der Waals surface area contributed by atoms with Crippen LogP contribution in [0.15, 0.2) is 0 Å². The molecule has 1 saturated carbocycles. The van der Waals surface area contributed by atoms with Crippen LogP contribution in [-0.2, 0) is 0 Å². The lowest BCUT2D eigenvalue weighted by Crippen LogP contribution is -2.32. The van der Waals surface area contributed by atoms with Crippen molar-refractivity contribution in [3.63, 3.8) is 0 Å². The van der Waals surface area contributed by atoms with Crippen molar-refractivity contribution in [2.24, 2.45) is 11.1 Å². The average Bonchev–Trinajstić information content (AvgIpc) is 1.95. The number of aliphatic hydroxyl groups excluding tert-OH is 1. The third kappa shape index (κ3) is 2.17. The summed E-state index contributed by atoms with van der Waals surface area (Å²) in [5, 5.41) is 8.69. The third-order valence-corrected chi connectivity index (χ3v) is 2.95. The molecule has 66 valence electrons. The molecule has 0 aromatic carbocycles. The van der Waals surface area contributed by atoms with Crippen LogP contribution < -0.4 is 5.73 Å². The average molecular weight is 157 g/mol. The number of rotatable bonds is 5. The van der Waals surface area contributed by atoms with Crippen molar-refractivity contribution in [3.05, 3.63) is 0 Å². The standard InChI is InChI=1S/C9H19NO/c10-7-6-9(3-1-4-9)5-2-8-11/h11H,1-8,10H2. The maximum atomic E-state index is 8.69. The Morgan fingerprint density at radius 2 is 2.00 bits per heavy atom. The van der Waals surface area contributed by atoms with Gasteiger partial charge in [-0.05, 0) is 44.1 Å². The van der Waals surface area contributed by atoms with Crippen LogP contribution in [0.3, 0.4) is 0 Å². The van der Waals surface area contributed by atoms with E-state index < -0.39 is 0 Å². The van der Waals surface area contributed by atoms with Crippen LogP contribution in [0.25, 0.3) is 0 Å². The largest absolute Gasteiger partial charge is 0.396 e. The van der Waals surface area contributed by atoms with Gasteiger partial charge in [0.2, 0.25) is 0 Å². The van der Waals surface area contributed by atoms with Crippen molar-refractivity contribution in [3.8, 4) is 0 Å². The zero-order chi connectivity index (χ0) is 8.16. The number of aliphatic hydroxyl groups is 1. The molecule has 1 rings (SSSR count). The van der Waals surface area contributed by atoms with Gasteiger partial charge in [0.1, 0.15) is 0 Å². The minimum atomic E-state index is 0.340. The molecule has 1 aliphatic rings. The van der Waals surface area contributed by atoms with Gasteiger partial charge >= 0.3 is 0 Å². The molecule has 1 fully saturated rings. The predicted octanol–water partition coefficient (Wildman–Crippen LogP) is 1.28. The molecule has 2 heteroatoms. The zero-order valence-electron chi connectivity index (χ0n) is 7.18. The van der Waals surface area contributed by atoms with E-state index in [0.29, 0.717) is 12.0 Å². The van der Waals surface area contributed by atoms with E-state index in [0.717, 1.165) is 19.4 Å². The number of hydrogen-bond donors (Lipinski definition) is 2. The molecule has 0 saturated heterocycles. The van der Waals surface area contributed by atoms with Crippen molar-refractivity contribution in [2.45, 2.75) is 38.5 Å². The Labute approximate surface area is 68.8 Å². The Morgan fingerprint density at radius 3 is 2.36 bits per heavy atom. The van der Waals surface area contributed by atoms with Crippen LogP contribution in [0.4, 0.5) is 0 Å². The molecule has 0 aliphatic heterocycles. The van der Waals surface area contributed by atoms with E-state index in [1.807, 2.05) is 0 Å². The van der Waals surface area contributed by atoms with Crippen LogP contribution in [0.5, 0.6) is 0 Å². The van der Waals surface area contributed by atoms with Crippen molar-refractivity contribution < 1.29 is 5.11 Å². The van der Waals surface area contributed by atoms with E-state index in [4.69, 9.17) is 10.8 Å². The summed E-state index contributed by atoms with van der Waals surface area (Å²) in [4.78, 5) is 0. The van der Waals surface area contributed by atoms with Gasteiger partial charge in [-0.2, -0.15) is 0 Å². The molecule has 1 aliphatic carbocycles. The van der Waals surface area contributed by atoms with Crippen LogP contribution in [0.2, 0.25) is 0 Å². The van der Waals surface area contributed by atoms with Crippen LogP contribution in [0.1, 0.15) is 38.5 Å². The Kier molecular flexibility index (Phi) is 3.34. The first-order valence-corrected chi connectivity index (χ1v) is 4.64. The summed E-state index contributed by atoms with van der Waals surface area (Å²) in [6.07, 6.45) is 7.34. The zero-order valence-corrected chi connectivity index (χ0v) is 7.18. The van der Waals surface area contributed by atoms with Gasteiger partial charge in [-0.1, -0.05) is 6.42 Å². The molecule has 0 unspecified atom stereocenters. The summed E-state index contributed by atoms with van der Waals surface area (Å²) < 4.78 is 0. The fraction of sp³-hybridized carbons (Fsp3) is 1.00. The third-order valence-electron chi connectivity index (χ3n) is 2.95. The van der Waals surface area contributed by atoms with Gasteiger partial charge in [0.25, 0.3) is 0 Å². The second kappa shape index (κ2) is 4.07. The maximum Gasteiger partial charge on any atom is 0.0431 e. The van der Waals surface area contributed by atoms with E-state index in [2.05, 4.69) is 0 Å². The van der Waals surface area contributed by atoms with Crippen molar-refractivity contribution in [2.75, 3.05) is 13.2 Å². The summed E-state index contributed by atoms with van der Waals surface area (Å²) in [6, 6.07) is 0. The van der Waals surface area contributed by atoms with Crippen molar-refractivity contribution in [1.82, 2.24) is 0 Å². The molecule has 0 amide bonds.